The van der Waals surface area contributed by atoms with Crippen LogP contribution in [0.25, 0.3) is 0 Å². The van der Waals surface area contributed by atoms with Crippen molar-refractivity contribution >= 4 is 17.5 Å². The lowest BCUT2D eigenvalue weighted by Gasteiger charge is -2.06. The highest BCUT2D eigenvalue weighted by molar-refractivity contribution is 6.30. The fourth-order valence-corrected chi connectivity index (χ4v) is 1.73. The predicted octanol–water partition coefficient (Wildman–Crippen LogP) is 2.76. The number of nitrogens with one attached hydrogen (secondary N) is 1. The van der Waals surface area contributed by atoms with Gasteiger partial charge in [0.2, 0.25) is 0 Å². The molecule has 18 heavy (non-hydrogen) atoms. The molecule has 0 bridgehead atoms. The molecule has 0 heterocycles. The summed E-state index contributed by atoms with van der Waals surface area (Å²) >= 11 is 5.71. The van der Waals surface area contributed by atoms with Gasteiger partial charge in [0.1, 0.15) is 5.82 Å². The number of aliphatic hydroxyl groups excluding tert-OH is 1. The average molecular weight is 274 g/mol. The first-order chi connectivity index (χ1) is 8.65. The lowest BCUT2D eigenvalue weighted by molar-refractivity contribution is 0.0949. The van der Waals surface area contributed by atoms with E-state index in [1.54, 1.807) is 0 Å². The van der Waals surface area contributed by atoms with E-state index in [1.165, 1.54) is 18.2 Å². The van der Waals surface area contributed by atoms with Gasteiger partial charge in [-0.3, -0.25) is 4.79 Å². The molecule has 1 rings (SSSR count). The normalized spacial score (nSPS) is 10.4. The zero-order valence-electron chi connectivity index (χ0n) is 10.1. The van der Waals surface area contributed by atoms with Gasteiger partial charge < -0.3 is 10.4 Å². The predicted molar refractivity (Wildman–Crippen MR) is 69.3 cm³/mol. The zero-order valence-corrected chi connectivity index (χ0v) is 10.8. The number of halogens is 2. The molecule has 0 unspecified atom stereocenters. The van der Waals surface area contributed by atoms with Crippen molar-refractivity contribution in [1.82, 2.24) is 5.32 Å². The van der Waals surface area contributed by atoms with Crippen molar-refractivity contribution in [2.24, 2.45) is 0 Å². The van der Waals surface area contributed by atoms with E-state index in [1.807, 2.05) is 0 Å². The standard InChI is InChI=1S/C13H17ClFNO2/c14-10-5-6-12(15)11(9-10)13(18)16-7-3-1-2-4-8-17/h5-6,9,17H,1-4,7-8H2,(H,16,18). The monoisotopic (exact) mass is 273 g/mol. The Morgan fingerprint density at radius 2 is 2.00 bits per heavy atom. The molecule has 0 aliphatic rings. The number of aliphatic hydroxyl groups is 1. The molecule has 5 heteroatoms. The number of carbonyl (C=O) groups excluding carboxylic acids is 1. The summed E-state index contributed by atoms with van der Waals surface area (Å²) in [4.78, 5) is 11.7. The lowest BCUT2D eigenvalue weighted by Crippen LogP contribution is -2.25. The highest BCUT2D eigenvalue weighted by atomic mass is 35.5. The van der Waals surface area contributed by atoms with Crippen molar-refractivity contribution < 1.29 is 14.3 Å². The van der Waals surface area contributed by atoms with E-state index < -0.39 is 11.7 Å². The van der Waals surface area contributed by atoms with E-state index >= 15 is 0 Å². The first kappa shape index (κ1) is 14.9. The van der Waals surface area contributed by atoms with Crippen LogP contribution in [0.15, 0.2) is 18.2 Å². The van der Waals surface area contributed by atoms with Crippen LogP contribution in [0.2, 0.25) is 5.02 Å². The van der Waals surface area contributed by atoms with Gasteiger partial charge in [0.15, 0.2) is 0 Å². The third-order valence-corrected chi connectivity index (χ3v) is 2.78. The van der Waals surface area contributed by atoms with Crippen LogP contribution in [0.4, 0.5) is 4.39 Å². The number of carbonyl (C=O) groups is 1. The molecule has 1 amide bonds. The number of unbranched alkanes of at least 4 members (excludes halogenated alkanes) is 3. The number of benzene rings is 1. The molecule has 0 radical (unpaired) electrons. The molecule has 0 atom stereocenters. The van der Waals surface area contributed by atoms with E-state index in [0.29, 0.717) is 11.6 Å². The van der Waals surface area contributed by atoms with Crippen LogP contribution in [0.5, 0.6) is 0 Å². The molecule has 1 aromatic carbocycles. The average Bonchev–Trinajstić information content (AvgIpc) is 2.36. The molecule has 0 saturated carbocycles. The Balaban J connectivity index is 2.34. The quantitative estimate of drug-likeness (QED) is 0.751. The van der Waals surface area contributed by atoms with Crippen molar-refractivity contribution in [2.45, 2.75) is 25.7 Å². The highest BCUT2D eigenvalue weighted by Crippen LogP contribution is 2.14. The second-order valence-electron chi connectivity index (χ2n) is 4.02. The van der Waals surface area contributed by atoms with E-state index in [4.69, 9.17) is 16.7 Å². The van der Waals surface area contributed by atoms with Crippen molar-refractivity contribution in [3.05, 3.63) is 34.6 Å². The van der Waals surface area contributed by atoms with Crippen LogP contribution in [0.1, 0.15) is 36.0 Å². The Morgan fingerprint density at radius 3 is 2.72 bits per heavy atom. The van der Waals surface area contributed by atoms with Crippen LogP contribution in [-0.4, -0.2) is 24.2 Å². The fraction of sp³-hybridized carbons (Fsp3) is 0.462. The van der Waals surface area contributed by atoms with Crippen molar-refractivity contribution in [3.8, 4) is 0 Å². The summed E-state index contributed by atoms with van der Waals surface area (Å²) in [5.41, 5.74) is -0.0298. The number of hydrogen-bond donors (Lipinski definition) is 2. The van der Waals surface area contributed by atoms with Gasteiger partial charge in [0, 0.05) is 18.2 Å². The van der Waals surface area contributed by atoms with Crippen molar-refractivity contribution in [1.29, 1.82) is 0 Å². The largest absolute Gasteiger partial charge is 0.396 e. The number of amides is 1. The third kappa shape index (κ3) is 5.02. The molecule has 0 aliphatic carbocycles. The third-order valence-electron chi connectivity index (χ3n) is 2.54. The van der Waals surface area contributed by atoms with Crippen molar-refractivity contribution in [3.63, 3.8) is 0 Å². The van der Waals surface area contributed by atoms with E-state index in [-0.39, 0.29) is 12.2 Å². The SMILES string of the molecule is O=C(NCCCCCCO)c1cc(Cl)ccc1F. The van der Waals surface area contributed by atoms with Gasteiger partial charge in [-0.15, -0.1) is 0 Å². The Morgan fingerprint density at radius 1 is 1.28 bits per heavy atom. The lowest BCUT2D eigenvalue weighted by atomic mass is 10.2. The topological polar surface area (TPSA) is 49.3 Å². The fourth-order valence-electron chi connectivity index (χ4n) is 1.56. The molecule has 1 aromatic rings. The van der Waals surface area contributed by atoms with Gasteiger partial charge in [0.25, 0.3) is 5.91 Å². The molecular formula is C13H17ClFNO2. The first-order valence-corrected chi connectivity index (χ1v) is 6.37. The molecular weight excluding hydrogens is 257 g/mol. The van der Waals surface area contributed by atoms with Gasteiger partial charge in [0.05, 0.1) is 5.56 Å². The molecule has 3 nitrogen and oxygen atoms in total. The van der Waals surface area contributed by atoms with Crippen LogP contribution >= 0.6 is 11.6 Å². The van der Waals surface area contributed by atoms with Crippen LogP contribution in [0, 0.1) is 5.82 Å². The van der Waals surface area contributed by atoms with Crippen LogP contribution in [0.3, 0.4) is 0 Å². The Labute approximate surface area is 111 Å². The summed E-state index contributed by atoms with van der Waals surface area (Å²) in [5, 5.41) is 11.6. The highest BCUT2D eigenvalue weighted by Gasteiger charge is 2.11. The summed E-state index contributed by atoms with van der Waals surface area (Å²) in [5.74, 6) is -1.02. The first-order valence-electron chi connectivity index (χ1n) is 5.99. The van der Waals surface area contributed by atoms with Gasteiger partial charge >= 0.3 is 0 Å². The summed E-state index contributed by atoms with van der Waals surface area (Å²) in [6, 6.07) is 3.90. The Kier molecular flexibility index (Phi) is 6.68. The molecule has 100 valence electrons. The van der Waals surface area contributed by atoms with Gasteiger partial charge in [-0.25, -0.2) is 4.39 Å². The van der Waals surface area contributed by atoms with E-state index in [2.05, 4.69) is 5.32 Å². The minimum Gasteiger partial charge on any atom is -0.396 e. The number of hydrogen-bond acceptors (Lipinski definition) is 2. The second-order valence-corrected chi connectivity index (χ2v) is 4.45. The minimum absolute atomic E-state index is 0.0298. The Hall–Kier alpha value is -1.13. The summed E-state index contributed by atoms with van der Waals surface area (Å²) in [6.45, 7) is 0.691. The zero-order chi connectivity index (χ0) is 13.4. The second kappa shape index (κ2) is 8.06. The molecule has 0 aromatic heterocycles. The smallest absolute Gasteiger partial charge is 0.254 e. The van der Waals surface area contributed by atoms with Crippen LogP contribution < -0.4 is 5.32 Å². The van der Waals surface area contributed by atoms with Crippen molar-refractivity contribution in [2.75, 3.05) is 13.2 Å². The van der Waals surface area contributed by atoms with Gasteiger partial charge in [-0.05, 0) is 31.0 Å². The molecule has 0 fully saturated rings. The maximum atomic E-state index is 13.3. The van der Waals surface area contributed by atoms with Crippen LogP contribution in [-0.2, 0) is 0 Å². The van der Waals surface area contributed by atoms with Gasteiger partial charge in [-0.2, -0.15) is 0 Å². The van der Waals surface area contributed by atoms with E-state index in [0.717, 1.165) is 25.7 Å². The van der Waals surface area contributed by atoms with E-state index in [9.17, 15) is 9.18 Å². The molecule has 0 aliphatic heterocycles. The van der Waals surface area contributed by atoms with Gasteiger partial charge in [-0.1, -0.05) is 24.4 Å². The minimum atomic E-state index is -0.572. The summed E-state index contributed by atoms with van der Waals surface area (Å²) < 4.78 is 13.3. The Bertz CT molecular complexity index is 399. The molecule has 0 spiro atoms. The molecule has 2 N–H and O–H groups in total. The summed E-state index contributed by atoms with van der Waals surface area (Å²) in [7, 11) is 0. The summed E-state index contributed by atoms with van der Waals surface area (Å²) in [6.07, 6.45) is 3.45. The maximum absolute atomic E-state index is 13.3. The molecule has 0 saturated heterocycles. The maximum Gasteiger partial charge on any atom is 0.254 e. The number of rotatable bonds is 7.